The van der Waals surface area contributed by atoms with Crippen molar-refractivity contribution < 1.29 is 4.74 Å². The van der Waals surface area contributed by atoms with Crippen molar-refractivity contribution in [1.29, 1.82) is 0 Å². The highest BCUT2D eigenvalue weighted by Crippen LogP contribution is 2.36. The first kappa shape index (κ1) is 13.9. The van der Waals surface area contributed by atoms with Gasteiger partial charge in [0.25, 0.3) is 0 Å². The standard InChI is InChI=1S/C17H21N3O/c1-2-18-12-14-8-9-19-13-16(14)20-10-5-11-21-17-7-4-3-6-15(17)20/h3-4,6-9,13,18H,2,5,10-12H2,1H3. The number of rotatable bonds is 4. The largest absolute Gasteiger partial charge is 0.491 e. The Kier molecular flexibility index (Phi) is 4.36. The van der Waals surface area contributed by atoms with E-state index in [1.54, 1.807) is 0 Å². The van der Waals surface area contributed by atoms with Gasteiger partial charge in [0.2, 0.25) is 0 Å². The fraction of sp³-hybridized carbons (Fsp3) is 0.353. The number of ether oxygens (including phenoxy) is 1. The zero-order chi connectivity index (χ0) is 14.5. The van der Waals surface area contributed by atoms with E-state index in [1.807, 2.05) is 24.5 Å². The second-order valence-corrected chi connectivity index (χ2v) is 5.11. The Hall–Kier alpha value is -2.07. The Morgan fingerprint density at radius 1 is 1.24 bits per heavy atom. The minimum absolute atomic E-state index is 0.760. The van der Waals surface area contributed by atoms with Gasteiger partial charge in [-0.2, -0.15) is 0 Å². The zero-order valence-electron chi connectivity index (χ0n) is 12.4. The van der Waals surface area contributed by atoms with E-state index in [9.17, 15) is 0 Å². The molecular formula is C17H21N3O. The fourth-order valence-electron chi connectivity index (χ4n) is 2.64. The second kappa shape index (κ2) is 6.59. The van der Waals surface area contributed by atoms with Crippen LogP contribution in [0.15, 0.2) is 42.7 Å². The quantitative estimate of drug-likeness (QED) is 0.935. The molecule has 0 saturated heterocycles. The Morgan fingerprint density at radius 3 is 3.05 bits per heavy atom. The molecule has 0 amide bonds. The van der Waals surface area contributed by atoms with Crippen LogP contribution in [-0.2, 0) is 6.54 Å². The van der Waals surface area contributed by atoms with Crippen molar-refractivity contribution in [1.82, 2.24) is 10.3 Å². The van der Waals surface area contributed by atoms with Crippen LogP contribution in [0.4, 0.5) is 11.4 Å². The molecule has 1 aliphatic heterocycles. The molecule has 0 bridgehead atoms. The first-order valence-electron chi connectivity index (χ1n) is 7.53. The van der Waals surface area contributed by atoms with Crippen molar-refractivity contribution in [3.05, 3.63) is 48.3 Å². The molecular weight excluding hydrogens is 262 g/mol. The number of hydrogen-bond donors (Lipinski definition) is 1. The maximum Gasteiger partial charge on any atom is 0.142 e. The number of nitrogens with one attached hydrogen (secondary N) is 1. The zero-order valence-corrected chi connectivity index (χ0v) is 12.4. The normalized spacial score (nSPS) is 14.2. The van der Waals surface area contributed by atoms with E-state index in [0.29, 0.717) is 0 Å². The molecule has 0 atom stereocenters. The average Bonchev–Trinajstić information content (AvgIpc) is 2.75. The number of nitrogens with zero attached hydrogens (tertiary/aromatic N) is 2. The highest BCUT2D eigenvalue weighted by Gasteiger charge is 2.19. The summed E-state index contributed by atoms with van der Waals surface area (Å²) in [5.41, 5.74) is 3.56. The number of anilines is 2. The first-order chi connectivity index (χ1) is 10.4. The predicted octanol–water partition coefficient (Wildman–Crippen LogP) is 3.11. The van der Waals surface area contributed by atoms with Gasteiger partial charge in [-0.15, -0.1) is 0 Å². The van der Waals surface area contributed by atoms with Crippen LogP contribution >= 0.6 is 0 Å². The minimum atomic E-state index is 0.760. The molecule has 0 unspecified atom stereocenters. The lowest BCUT2D eigenvalue weighted by Gasteiger charge is -2.26. The molecule has 1 aromatic heterocycles. The van der Waals surface area contributed by atoms with Gasteiger partial charge in [-0.3, -0.25) is 4.98 Å². The average molecular weight is 283 g/mol. The predicted molar refractivity (Wildman–Crippen MR) is 85.2 cm³/mol. The van der Waals surface area contributed by atoms with Crippen LogP contribution in [0, 0.1) is 0 Å². The third-order valence-electron chi connectivity index (χ3n) is 3.68. The summed E-state index contributed by atoms with van der Waals surface area (Å²) in [4.78, 5) is 6.64. The maximum atomic E-state index is 5.84. The van der Waals surface area contributed by atoms with Crippen LogP contribution in [-0.4, -0.2) is 24.7 Å². The Bertz CT molecular complexity index is 600. The van der Waals surface area contributed by atoms with Crippen LogP contribution in [0.1, 0.15) is 18.9 Å². The smallest absolute Gasteiger partial charge is 0.142 e. The van der Waals surface area contributed by atoms with Crippen LogP contribution in [0.2, 0.25) is 0 Å². The molecule has 0 aliphatic carbocycles. The van der Waals surface area contributed by atoms with E-state index >= 15 is 0 Å². The third-order valence-corrected chi connectivity index (χ3v) is 3.68. The molecule has 2 aromatic rings. The molecule has 0 radical (unpaired) electrons. The maximum absolute atomic E-state index is 5.84. The Morgan fingerprint density at radius 2 is 2.14 bits per heavy atom. The van der Waals surface area contributed by atoms with E-state index in [4.69, 9.17) is 4.74 Å². The molecule has 4 nitrogen and oxygen atoms in total. The van der Waals surface area contributed by atoms with Gasteiger partial charge in [0.15, 0.2) is 0 Å². The fourth-order valence-corrected chi connectivity index (χ4v) is 2.64. The van der Waals surface area contributed by atoms with Crippen LogP contribution < -0.4 is 15.0 Å². The summed E-state index contributed by atoms with van der Waals surface area (Å²) >= 11 is 0. The van der Waals surface area contributed by atoms with Crippen LogP contribution in [0.5, 0.6) is 5.75 Å². The number of fused-ring (bicyclic) bond motifs is 1. The summed E-state index contributed by atoms with van der Waals surface area (Å²) in [6, 6.07) is 10.3. The van der Waals surface area contributed by atoms with Crippen LogP contribution in [0.25, 0.3) is 0 Å². The van der Waals surface area contributed by atoms with Gasteiger partial charge in [-0.25, -0.2) is 0 Å². The lowest BCUT2D eigenvalue weighted by Crippen LogP contribution is -2.21. The Labute approximate surface area is 125 Å². The van der Waals surface area contributed by atoms with Gasteiger partial charge in [-0.1, -0.05) is 19.1 Å². The van der Waals surface area contributed by atoms with E-state index in [2.05, 4.69) is 40.3 Å². The lowest BCUT2D eigenvalue weighted by molar-refractivity contribution is 0.322. The summed E-state index contributed by atoms with van der Waals surface area (Å²) in [5.74, 6) is 0.952. The van der Waals surface area contributed by atoms with Crippen molar-refractivity contribution in [3.63, 3.8) is 0 Å². The number of benzene rings is 1. The van der Waals surface area contributed by atoms with Crippen LogP contribution in [0.3, 0.4) is 0 Å². The molecule has 1 N–H and O–H groups in total. The van der Waals surface area contributed by atoms with Crippen molar-refractivity contribution >= 4 is 11.4 Å². The van der Waals surface area contributed by atoms with Gasteiger partial charge in [0, 0.05) is 19.3 Å². The summed E-state index contributed by atoms with van der Waals surface area (Å²) < 4.78 is 5.84. The topological polar surface area (TPSA) is 37.4 Å². The molecule has 0 spiro atoms. The van der Waals surface area contributed by atoms with Crippen molar-refractivity contribution in [2.45, 2.75) is 19.9 Å². The molecule has 0 fully saturated rings. The van der Waals surface area contributed by atoms with E-state index in [1.165, 1.54) is 5.56 Å². The highest BCUT2D eigenvalue weighted by molar-refractivity contribution is 5.71. The molecule has 1 aliphatic rings. The van der Waals surface area contributed by atoms with E-state index in [-0.39, 0.29) is 0 Å². The highest BCUT2D eigenvalue weighted by atomic mass is 16.5. The lowest BCUT2D eigenvalue weighted by atomic mass is 10.1. The number of aromatic nitrogens is 1. The van der Waals surface area contributed by atoms with Gasteiger partial charge in [0.05, 0.1) is 24.2 Å². The minimum Gasteiger partial charge on any atom is -0.491 e. The summed E-state index contributed by atoms with van der Waals surface area (Å²) in [7, 11) is 0. The van der Waals surface area contributed by atoms with E-state index in [0.717, 1.165) is 49.8 Å². The second-order valence-electron chi connectivity index (χ2n) is 5.11. The number of pyridine rings is 1. The summed E-state index contributed by atoms with van der Waals surface area (Å²) in [5, 5.41) is 3.40. The molecule has 2 heterocycles. The Balaban J connectivity index is 2.00. The van der Waals surface area contributed by atoms with Crippen molar-refractivity contribution in [3.8, 4) is 5.75 Å². The first-order valence-corrected chi connectivity index (χ1v) is 7.53. The summed E-state index contributed by atoms with van der Waals surface area (Å²) in [6.07, 6.45) is 4.81. The molecule has 110 valence electrons. The monoisotopic (exact) mass is 283 g/mol. The molecule has 0 saturated carbocycles. The van der Waals surface area contributed by atoms with Gasteiger partial charge < -0.3 is 15.0 Å². The molecule has 4 heteroatoms. The molecule has 3 rings (SSSR count). The number of hydrogen-bond acceptors (Lipinski definition) is 4. The van der Waals surface area contributed by atoms with Gasteiger partial charge in [0.1, 0.15) is 5.75 Å². The van der Waals surface area contributed by atoms with Gasteiger partial charge >= 0.3 is 0 Å². The van der Waals surface area contributed by atoms with Crippen molar-refractivity contribution in [2.75, 3.05) is 24.6 Å². The van der Waals surface area contributed by atoms with E-state index < -0.39 is 0 Å². The van der Waals surface area contributed by atoms with Crippen molar-refractivity contribution in [2.24, 2.45) is 0 Å². The van der Waals surface area contributed by atoms with Gasteiger partial charge in [-0.05, 0) is 36.7 Å². The third kappa shape index (κ3) is 3.00. The summed E-state index contributed by atoms with van der Waals surface area (Å²) in [6.45, 7) is 5.64. The molecule has 21 heavy (non-hydrogen) atoms. The number of para-hydroxylation sites is 2. The molecule has 1 aromatic carbocycles. The SMILES string of the molecule is CCNCc1ccncc1N1CCCOc2ccccc21.